The number of piperidine rings is 1. The van der Waals surface area contributed by atoms with Crippen molar-refractivity contribution in [3.05, 3.63) is 29.8 Å². The third-order valence-electron chi connectivity index (χ3n) is 6.97. The molecule has 4 atom stereocenters. The molecule has 4 rings (SSSR count). The second-order valence-electron chi connectivity index (χ2n) is 8.33. The second kappa shape index (κ2) is 5.69. The number of hydrogen-bond acceptors (Lipinski definition) is 3. The van der Waals surface area contributed by atoms with Crippen molar-refractivity contribution in [2.24, 2.45) is 5.73 Å². The molecule has 2 amide bonds. The summed E-state index contributed by atoms with van der Waals surface area (Å²) in [6.45, 7) is 2.04. The van der Waals surface area contributed by atoms with Crippen LogP contribution in [-0.2, 0) is 10.2 Å². The molecule has 2 saturated heterocycles. The first kappa shape index (κ1) is 17.3. The first-order valence-electron chi connectivity index (χ1n) is 9.29. The van der Waals surface area contributed by atoms with E-state index < -0.39 is 17.4 Å². The van der Waals surface area contributed by atoms with Gasteiger partial charge >= 0.3 is 12.0 Å². The van der Waals surface area contributed by atoms with Gasteiger partial charge in [-0.1, -0.05) is 18.2 Å². The number of carbonyl (C=O) groups excluding carboxylic acids is 1. The molecule has 4 unspecified atom stereocenters. The number of primary amides is 1. The molecule has 7 heteroatoms. The van der Waals surface area contributed by atoms with Gasteiger partial charge in [0.25, 0.3) is 0 Å². The number of para-hydroxylation sites is 1. The van der Waals surface area contributed by atoms with Gasteiger partial charge in [0.15, 0.2) is 5.69 Å². The maximum Gasteiger partial charge on any atom is 0.356 e. The predicted octanol–water partition coefficient (Wildman–Crippen LogP) is 1.56. The maximum atomic E-state index is 12.2. The van der Waals surface area contributed by atoms with E-state index in [0.29, 0.717) is 18.6 Å². The summed E-state index contributed by atoms with van der Waals surface area (Å²) in [4.78, 5) is 26.6. The number of aliphatic carboxylic acids is 1. The molecule has 140 valence electrons. The van der Waals surface area contributed by atoms with Gasteiger partial charge in [-0.25, -0.2) is 4.79 Å². The Labute approximate surface area is 153 Å². The SMILES string of the molecule is CN1C2CCC1CC([N+]1(NC(N)=O)CC(C)(C(=O)O)c3ccccc31)C2. The van der Waals surface area contributed by atoms with E-state index in [1.807, 2.05) is 24.3 Å². The monoisotopic (exact) mass is 359 g/mol. The van der Waals surface area contributed by atoms with Crippen LogP contribution in [0, 0.1) is 0 Å². The van der Waals surface area contributed by atoms with E-state index in [0.717, 1.165) is 36.9 Å². The van der Waals surface area contributed by atoms with Crippen molar-refractivity contribution in [1.29, 1.82) is 0 Å². The number of nitrogens with zero attached hydrogens (tertiary/aromatic N) is 2. The zero-order chi connectivity index (χ0) is 18.7. The number of carboxylic acids is 1. The summed E-state index contributed by atoms with van der Waals surface area (Å²) < 4.78 is 0.148. The van der Waals surface area contributed by atoms with Crippen molar-refractivity contribution in [3.63, 3.8) is 0 Å². The number of urea groups is 1. The summed E-state index contributed by atoms with van der Waals surface area (Å²) in [6.07, 6.45) is 4.17. The molecule has 2 bridgehead atoms. The smallest absolute Gasteiger partial charge is 0.356 e. The zero-order valence-corrected chi connectivity index (χ0v) is 15.3. The van der Waals surface area contributed by atoms with Gasteiger partial charge in [0, 0.05) is 36.6 Å². The van der Waals surface area contributed by atoms with Crippen molar-refractivity contribution in [2.75, 3.05) is 13.6 Å². The predicted molar refractivity (Wildman–Crippen MR) is 98.4 cm³/mol. The fourth-order valence-electron chi connectivity index (χ4n) is 5.60. The summed E-state index contributed by atoms with van der Waals surface area (Å²) >= 11 is 0. The molecule has 0 spiro atoms. The number of benzene rings is 1. The van der Waals surface area contributed by atoms with Gasteiger partial charge in [-0.05, 0) is 26.8 Å². The molecular weight excluding hydrogens is 332 g/mol. The van der Waals surface area contributed by atoms with Crippen LogP contribution in [0.15, 0.2) is 24.3 Å². The van der Waals surface area contributed by atoms with E-state index in [9.17, 15) is 14.7 Å². The van der Waals surface area contributed by atoms with Gasteiger partial charge in [-0.3, -0.25) is 9.69 Å². The van der Waals surface area contributed by atoms with E-state index in [4.69, 9.17) is 5.73 Å². The Bertz CT molecular complexity index is 755. The van der Waals surface area contributed by atoms with E-state index in [1.165, 1.54) is 0 Å². The number of amides is 2. The van der Waals surface area contributed by atoms with Crippen molar-refractivity contribution in [1.82, 2.24) is 14.9 Å². The topological polar surface area (TPSA) is 95.7 Å². The second-order valence-corrected chi connectivity index (χ2v) is 8.33. The largest absolute Gasteiger partial charge is 0.480 e. The van der Waals surface area contributed by atoms with Crippen LogP contribution < -0.4 is 15.8 Å². The quantitative estimate of drug-likeness (QED) is 0.714. The third-order valence-corrected chi connectivity index (χ3v) is 6.97. The molecule has 1 aromatic rings. The summed E-state index contributed by atoms with van der Waals surface area (Å²) in [6, 6.07) is 8.06. The highest BCUT2D eigenvalue weighted by atomic mass is 16.4. The number of fused-ring (bicyclic) bond motifs is 3. The van der Waals surface area contributed by atoms with Crippen LogP contribution in [0.2, 0.25) is 0 Å². The molecule has 3 aliphatic rings. The highest BCUT2D eigenvalue weighted by molar-refractivity contribution is 5.87. The molecular formula is C19H27N4O3+. The van der Waals surface area contributed by atoms with Gasteiger partial charge in [0.1, 0.15) is 18.0 Å². The first-order valence-corrected chi connectivity index (χ1v) is 9.29. The molecule has 3 aliphatic heterocycles. The number of nitrogens with one attached hydrogen (secondary N) is 1. The lowest BCUT2D eigenvalue weighted by molar-refractivity contribution is -0.143. The Kier molecular flexibility index (Phi) is 3.79. The lowest BCUT2D eigenvalue weighted by Gasteiger charge is -2.46. The van der Waals surface area contributed by atoms with Crippen LogP contribution in [-0.4, -0.2) is 53.7 Å². The Balaban J connectivity index is 1.84. The minimum Gasteiger partial charge on any atom is -0.480 e. The minimum absolute atomic E-state index is 0.124. The van der Waals surface area contributed by atoms with E-state index in [-0.39, 0.29) is 10.6 Å². The number of hydrogen-bond donors (Lipinski definition) is 3. The van der Waals surface area contributed by atoms with Crippen LogP contribution in [0.4, 0.5) is 10.5 Å². The average Bonchev–Trinajstić information content (AvgIpc) is 2.95. The van der Waals surface area contributed by atoms with Crippen LogP contribution in [0.1, 0.15) is 38.2 Å². The number of carbonyl (C=O) groups is 2. The first-order chi connectivity index (χ1) is 12.3. The van der Waals surface area contributed by atoms with Crippen molar-refractivity contribution >= 4 is 17.7 Å². The van der Waals surface area contributed by atoms with E-state index >= 15 is 0 Å². The third kappa shape index (κ3) is 2.27. The summed E-state index contributed by atoms with van der Waals surface area (Å²) in [7, 11) is 2.17. The lowest BCUT2D eigenvalue weighted by Crippen LogP contribution is -2.71. The Hall–Kier alpha value is -2.12. The normalized spacial score (nSPS) is 38.8. The van der Waals surface area contributed by atoms with Crippen LogP contribution >= 0.6 is 0 Å². The number of rotatable bonds is 3. The average molecular weight is 359 g/mol. The van der Waals surface area contributed by atoms with Gasteiger partial charge in [0.2, 0.25) is 0 Å². The molecule has 1 aromatic carbocycles. The van der Waals surface area contributed by atoms with Crippen LogP contribution in [0.25, 0.3) is 0 Å². The summed E-state index contributed by atoms with van der Waals surface area (Å²) in [5.74, 6) is -0.868. The fourth-order valence-corrected chi connectivity index (χ4v) is 5.60. The summed E-state index contributed by atoms with van der Waals surface area (Å²) in [5.41, 5.74) is 9.13. The molecule has 4 N–H and O–H groups in total. The molecule has 3 heterocycles. The molecule has 0 aromatic heterocycles. The lowest BCUT2D eigenvalue weighted by atomic mass is 9.84. The highest BCUT2D eigenvalue weighted by Gasteiger charge is 2.61. The molecule has 26 heavy (non-hydrogen) atoms. The zero-order valence-electron chi connectivity index (χ0n) is 15.3. The summed E-state index contributed by atoms with van der Waals surface area (Å²) in [5, 5.41) is 9.98. The minimum atomic E-state index is -1.05. The van der Waals surface area contributed by atoms with E-state index in [2.05, 4.69) is 17.4 Å². The van der Waals surface area contributed by atoms with Crippen molar-refractivity contribution < 1.29 is 14.7 Å². The van der Waals surface area contributed by atoms with Gasteiger partial charge < -0.3 is 10.8 Å². The van der Waals surface area contributed by atoms with Crippen LogP contribution in [0.5, 0.6) is 0 Å². The Morgan fingerprint density at radius 3 is 2.46 bits per heavy atom. The van der Waals surface area contributed by atoms with Gasteiger partial charge in [-0.2, -0.15) is 10.0 Å². The molecule has 7 nitrogen and oxygen atoms in total. The molecule has 2 fully saturated rings. The van der Waals surface area contributed by atoms with E-state index in [1.54, 1.807) is 6.92 Å². The van der Waals surface area contributed by atoms with Crippen LogP contribution in [0.3, 0.4) is 0 Å². The Morgan fingerprint density at radius 2 is 1.88 bits per heavy atom. The maximum absolute atomic E-state index is 12.2. The number of quaternary nitrogens is 1. The molecule has 0 saturated carbocycles. The number of nitrogens with two attached hydrogens (primary N) is 1. The van der Waals surface area contributed by atoms with Gasteiger partial charge in [0.05, 0.1) is 0 Å². The van der Waals surface area contributed by atoms with Crippen molar-refractivity contribution in [3.8, 4) is 0 Å². The highest BCUT2D eigenvalue weighted by Crippen LogP contribution is 2.49. The van der Waals surface area contributed by atoms with Gasteiger partial charge in [-0.15, -0.1) is 0 Å². The molecule has 0 radical (unpaired) electrons. The molecule has 0 aliphatic carbocycles. The van der Waals surface area contributed by atoms with Crippen molar-refractivity contribution in [2.45, 2.75) is 56.1 Å². The Morgan fingerprint density at radius 1 is 1.27 bits per heavy atom. The number of carboxylic acid groups (broad SMARTS) is 1. The standard InChI is InChI=1S/C19H26N4O3/c1-19(17(24)25)11-23(21-18(20)26,16-6-4-3-5-15(16)19)14-9-12-7-8-13(10-14)22(12)2/h3-6,12-14H,7-11H2,1-2H3,(H3-,20,21,24,25,26)/p+1. The fraction of sp³-hybridized carbons (Fsp3) is 0.579.